The van der Waals surface area contributed by atoms with E-state index in [9.17, 15) is 4.79 Å². The summed E-state index contributed by atoms with van der Waals surface area (Å²) in [4.78, 5) is 13.7. The van der Waals surface area contributed by atoms with Crippen LogP contribution in [0.1, 0.15) is 23.7 Å². The molecule has 1 atom stereocenters. The van der Waals surface area contributed by atoms with Gasteiger partial charge < -0.3 is 4.90 Å². The molecule has 1 unspecified atom stereocenters. The predicted molar refractivity (Wildman–Crippen MR) is 76.0 cm³/mol. The highest BCUT2D eigenvalue weighted by Crippen LogP contribution is 2.22. The number of amides is 1. The van der Waals surface area contributed by atoms with Crippen LogP contribution >= 0.6 is 39.1 Å². The minimum atomic E-state index is -0.0835. The summed E-state index contributed by atoms with van der Waals surface area (Å²) in [6.45, 7) is 2.53. The quantitative estimate of drug-likeness (QED) is 0.754. The molecule has 0 radical (unpaired) electrons. The van der Waals surface area contributed by atoms with E-state index in [-0.39, 0.29) is 11.3 Å². The van der Waals surface area contributed by atoms with Gasteiger partial charge in [0.05, 0.1) is 10.6 Å². The summed E-state index contributed by atoms with van der Waals surface area (Å²) < 4.78 is 0.857. The Morgan fingerprint density at radius 3 is 2.71 bits per heavy atom. The lowest BCUT2D eigenvalue weighted by atomic mass is 10.2. The van der Waals surface area contributed by atoms with Gasteiger partial charge in [-0.1, -0.05) is 27.5 Å². The third-order valence-electron chi connectivity index (χ3n) is 2.37. The monoisotopic (exact) mass is 337 g/mol. The minimum Gasteiger partial charge on any atom is -0.342 e. The van der Waals surface area contributed by atoms with Crippen molar-refractivity contribution < 1.29 is 4.79 Å². The molecule has 1 rings (SSSR count). The second-order valence-corrected chi connectivity index (χ2v) is 5.99. The van der Waals surface area contributed by atoms with Crippen molar-refractivity contribution in [3.8, 4) is 0 Å². The van der Waals surface area contributed by atoms with Crippen molar-refractivity contribution in [3.05, 3.63) is 33.3 Å². The van der Waals surface area contributed by atoms with E-state index in [0.29, 0.717) is 17.1 Å². The first-order chi connectivity index (χ1) is 7.91. The number of carbonyl (C=O) groups is 1. The molecular formula is C12H14BrCl2NO. The summed E-state index contributed by atoms with van der Waals surface area (Å²) in [5.41, 5.74) is 0.514. The Balaban J connectivity index is 2.75. The third kappa shape index (κ3) is 4.49. The summed E-state index contributed by atoms with van der Waals surface area (Å²) in [6.07, 6.45) is 0.762. The highest BCUT2D eigenvalue weighted by atomic mass is 79.9. The van der Waals surface area contributed by atoms with E-state index in [1.807, 2.05) is 6.92 Å². The van der Waals surface area contributed by atoms with Crippen LogP contribution in [0.2, 0.25) is 5.02 Å². The summed E-state index contributed by atoms with van der Waals surface area (Å²) in [5.74, 6) is -0.0835. The van der Waals surface area contributed by atoms with E-state index < -0.39 is 0 Å². The van der Waals surface area contributed by atoms with Crippen LogP contribution in [0.15, 0.2) is 22.7 Å². The fourth-order valence-corrected chi connectivity index (χ4v) is 2.19. The third-order valence-corrected chi connectivity index (χ3v) is 3.39. The molecule has 0 aliphatic rings. The fraction of sp³-hybridized carbons (Fsp3) is 0.417. The van der Waals surface area contributed by atoms with Crippen LogP contribution in [0.3, 0.4) is 0 Å². The fourth-order valence-electron chi connectivity index (χ4n) is 1.34. The predicted octanol–water partition coefficient (Wildman–Crippen LogP) is 4.19. The molecule has 0 aromatic heterocycles. The molecule has 0 saturated heterocycles. The molecule has 0 fully saturated rings. The number of nitrogens with zero attached hydrogens (tertiary/aromatic N) is 1. The number of carbonyl (C=O) groups excluding carboxylic acids is 1. The Morgan fingerprint density at radius 2 is 2.18 bits per heavy atom. The molecule has 0 saturated carbocycles. The van der Waals surface area contributed by atoms with Gasteiger partial charge in [0.2, 0.25) is 0 Å². The summed E-state index contributed by atoms with van der Waals surface area (Å²) in [7, 11) is 1.75. The van der Waals surface area contributed by atoms with Crippen LogP contribution in [-0.2, 0) is 0 Å². The number of alkyl halides is 1. The lowest BCUT2D eigenvalue weighted by Gasteiger charge is -2.18. The maximum atomic E-state index is 12.1. The van der Waals surface area contributed by atoms with Crippen LogP contribution in [0.25, 0.3) is 0 Å². The maximum Gasteiger partial charge on any atom is 0.255 e. The first-order valence-corrected chi connectivity index (χ1v) is 6.87. The van der Waals surface area contributed by atoms with Crippen LogP contribution in [-0.4, -0.2) is 29.8 Å². The van der Waals surface area contributed by atoms with E-state index in [0.717, 1.165) is 10.9 Å². The average molecular weight is 339 g/mol. The van der Waals surface area contributed by atoms with E-state index in [2.05, 4.69) is 15.9 Å². The smallest absolute Gasteiger partial charge is 0.255 e. The van der Waals surface area contributed by atoms with Crippen LogP contribution < -0.4 is 0 Å². The normalized spacial score (nSPS) is 12.3. The van der Waals surface area contributed by atoms with Crippen LogP contribution in [0.4, 0.5) is 0 Å². The molecule has 94 valence electrons. The Bertz CT molecular complexity index is 409. The van der Waals surface area contributed by atoms with Crippen molar-refractivity contribution in [2.24, 2.45) is 0 Å². The summed E-state index contributed by atoms with van der Waals surface area (Å²) in [6, 6.07) is 5.24. The molecular weight excluding hydrogens is 325 g/mol. The molecule has 2 nitrogen and oxygen atoms in total. The van der Waals surface area contributed by atoms with Crippen molar-refractivity contribution in [2.75, 3.05) is 13.6 Å². The molecule has 0 aliphatic carbocycles. The molecule has 0 aliphatic heterocycles. The Morgan fingerprint density at radius 1 is 1.53 bits per heavy atom. The maximum absolute atomic E-state index is 12.1. The molecule has 1 aromatic rings. The van der Waals surface area contributed by atoms with Crippen molar-refractivity contribution in [3.63, 3.8) is 0 Å². The van der Waals surface area contributed by atoms with Gasteiger partial charge in [-0.2, -0.15) is 0 Å². The molecule has 0 spiro atoms. The van der Waals surface area contributed by atoms with Crippen molar-refractivity contribution >= 4 is 45.0 Å². The van der Waals surface area contributed by atoms with Gasteiger partial charge in [0, 0.05) is 23.4 Å². The van der Waals surface area contributed by atoms with Crippen molar-refractivity contribution in [1.29, 1.82) is 0 Å². The van der Waals surface area contributed by atoms with Crippen LogP contribution in [0, 0.1) is 0 Å². The Kier molecular flexibility index (Phi) is 5.77. The number of rotatable bonds is 4. The zero-order valence-corrected chi connectivity index (χ0v) is 12.8. The first-order valence-electron chi connectivity index (χ1n) is 5.26. The number of benzene rings is 1. The molecule has 0 bridgehead atoms. The second-order valence-electron chi connectivity index (χ2n) is 3.92. The second kappa shape index (κ2) is 6.62. The van der Waals surface area contributed by atoms with Gasteiger partial charge in [-0.3, -0.25) is 4.79 Å². The molecule has 17 heavy (non-hydrogen) atoms. The Labute approximate surface area is 120 Å². The molecule has 0 N–H and O–H groups in total. The van der Waals surface area contributed by atoms with Crippen molar-refractivity contribution in [1.82, 2.24) is 4.90 Å². The molecule has 1 amide bonds. The zero-order chi connectivity index (χ0) is 13.0. The Hall–Kier alpha value is -0.250. The molecule has 0 heterocycles. The van der Waals surface area contributed by atoms with Gasteiger partial charge in [-0.25, -0.2) is 0 Å². The summed E-state index contributed by atoms with van der Waals surface area (Å²) in [5, 5.41) is 0.515. The largest absolute Gasteiger partial charge is 0.342 e. The van der Waals surface area contributed by atoms with Crippen LogP contribution in [0.5, 0.6) is 0 Å². The lowest BCUT2D eigenvalue weighted by Crippen LogP contribution is -2.29. The first kappa shape index (κ1) is 14.8. The molecule has 1 aromatic carbocycles. The summed E-state index contributed by atoms with van der Waals surface area (Å²) >= 11 is 15.2. The van der Waals surface area contributed by atoms with E-state index >= 15 is 0 Å². The zero-order valence-electron chi connectivity index (χ0n) is 9.71. The number of halogens is 3. The topological polar surface area (TPSA) is 20.3 Å². The highest BCUT2D eigenvalue weighted by Gasteiger charge is 2.15. The van der Waals surface area contributed by atoms with Crippen molar-refractivity contribution in [2.45, 2.75) is 18.7 Å². The number of hydrogen-bond donors (Lipinski definition) is 0. The molecule has 5 heteroatoms. The van der Waals surface area contributed by atoms with Gasteiger partial charge in [0.1, 0.15) is 0 Å². The van der Waals surface area contributed by atoms with Gasteiger partial charge in [0.15, 0.2) is 0 Å². The van der Waals surface area contributed by atoms with E-state index in [4.69, 9.17) is 23.2 Å². The van der Waals surface area contributed by atoms with Gasteiger partial charge in [0.25, 0.3) is 5.91 Å². The highest BCUT2D eigenvalue weighted by molar-refractivity contribution is 9.10. The minimum absolute atomic E-state index is 0.0608. The number of hydrogen-bond acceptors (Lipinski definition) is 1. The van der Waals surface area contributed by atoms with Gasteiger partial charge in [-0.15, -0.1) is 11.6 Å². The standard InChI is InChI=1S/C12H14BrCl2NO/c1-8(14)5-6-16(2)12(17)10-4-3-9(13)7-11(10)15/h3-4,7-8H,5-6H2,1-2H3. The lowest BCUT2D eigenvalue weighted by molar-refractivity contribution is 0.0794. The SMILES string of the molecule is CC(Cl)CCN(C)C(=O)c1ccc(Br)cc1Cl. The van der Waals surface area contributed by atoms with E-state index in [1.165, 1.54) is 0 Å². The average Bonchev–Trinajstić information content (AvgIpc) is 2.25. The van der Waals surface area contributed by atoms with Gasteiger partial charge in [-0.05, 0) is 31.5 Å². The van der Waals surface area contributed by atoms with E-state index in [1.54, 1.807) is 30.1 Å². The van der Waals surface area contributed by atoms with Gasteiger partial charge >= 0.3 is 0 Å².